The Hall–Kier alpha value is -0.380. The van der Waals surface area contributed by atoms with Gasteiger partial charge >= 0.3 is 0 Å². The molecule has 0 saturated carbocycles. The minimum absolute atomic E-state index is 0.530. The van der Waals surface area contributed by atoms with Gasteiger partial charge in [0.15, 0.2) is 0 Å². The van der Waals surface area contributed by atoms with Crippen LogP contribution in [0.15, 0.2) is 12.2 Å². The molecule has 1 aliphatic rings. The van der Waals surface area contributed by atoms with E-state index in [2.05, 4.69) is 37.7 Å². The van der Waals surface area contributed by atoms with Gasteiger partial charge < -0.3 is 15.0 Å². The maximum atomic E-state index is 5.52. The summed E-state index contributed by atoms with van der Waals surface area (Å²) in [6.07, 6.45) is 0. The number of hydrogen-bond acceptors (Lipinski definition) is 3. The smallest absolute Gasteiger partial charge is 0.0623 e. The molecular formula is C12H24N2O. The molecule has 3 nitrogen and oxygen atoms in total. The van der Waals surface area contributed by atoms with Crippen molar-refractivity contribution in [2.24, 2.45) is 5.92 Å². The van der Waals surface area contributed by atoms with E-state index >= 15 is 0 Å². The van der Waals surface area contributed by atoms with Crippen LogP contribution in [0, 0.1) is 5.92 Å². The van der Waals surface area contributed by atoms with Crippen molar-refractivity contribution in [2.75, 3.05) is 39.9 Å². The molecule has 1 N–H and O–H groups in total. The maximum absolute atomic E-state index is 5.52. The number of likely N-dealkylation sites (N-methyl/N-ethyl adjacent to an activating group) is 2. The lowest BCUT2D eigenvalue weighted by Gasteiger charge is -2.24. The molecule has 1 fully saturated rings. The Balaban J connectivity index is 2.32. The van der Waals surface area contributed by atoms with Gasteiger partial charge in [0.1, 0.15) is 0 Å². The summed E-state index contributed by atoms with van der Waals surface area (Å²) in [5.41, 5.74) is 1.22. The van der Waals surface area contributed by atoms with Gasteiger partial charge in [-0.25, -0.2) is 0 Å². The van der Waals surface area contributed by atoms with Crippen LogP contribution in [0.5, 0.6) is 0 Å². The summed E-state index contributed by atoms with van der Waals surface area (Å²) < 4.78 is 5.52. The van der Waals surface area contributed by atoms with Gasteiger partial charge in [0.05, 0.1) is 13.2 Å². The molecular weight excluding hydrogens is 188 g/mol. The first-order chi connectivity index (χ1) is 7.13. The van der Waals surface area contributed by atoms with Crippen molar-refractivity contribution in [2.45, 2.75) is 19.9 Å². The monoisotopic (exact) mass is 212 g/mol. The van der Waals surface area contributed by atoms with Gasteiger partial charge in [-0.3, -0.25) is 0 Å². The molecule has 0 aromatic heterocycles. The molecule has 0 spiro atoms. The van der Waals surface area contributed by atoms with Crippen LogP contribution in [0.1, 0.15) is 13.8 Å². The van der Waals surface area contributed by atoms with Gasteiger partial charge in [-0.2, -0.15) is 0 Å². The average Bonchev–Trinajstić information content (AvgIpc) is 2.52. The molecule has 0 aromatic rings. The van der Waals surface area contributed by atoms with Crippen molar-refractivity contribution in [3.8, 4) is 0 Å². The highest BCUT2D eigenvalue weighted by Crippen LogP contribution is 2.15. The van der Waals surface area contributed by atoms with Crippen LogP contribution < -0.4 is 5.32 Å². The first-order valence-electron chi connectivity index (χ1n) is 5.77. The predicted octanol–water partition coefficient (Wildman–Crippen LogP) is 1.12. The second-order valence-electron chi connectivity index (χ2n) is 4.62. The van der Waals surface area contributed by atoms with Crippen LogP contribution in [0.3, 0.4) is 0 Å². The summed E-state index contributed by atoms with van der Waals surface area (Å²) in [5, 5.41) is 3.48. The Labute approximate surface area is 93.5 Å². The lowest BCUT2D eigenvalue weighted by atomic mass is 10.0. The van der Waals surface area contributed by atoms with E-state index in [1.807, 2.05) is 0 Å². The highest BCUT2D eigenvalue weighted by Gasteiger charge is 2.28. The van der Waals surface area contributed by atoms with Crippen molar-refractivity contribution in [1.82, 2.24) is 10.2 Å². The highest BCUT2D eigenvalue weighted by molar-refractivity contribution is 4.92. The van der Waals surface area contributed by atoms with Crippen molar-refractivity contribution in [1.29, 1.82) is 0 Å². The third-order valence-corrected chi connectivity index (χ3v) is 2.75. The molecule has 1 aliphatic heterocycles. The van der Waals surface area contributed by atoms with Gasteiger partial charge in [0.25, 0.3) is 0 Å². The SMILES string of the molecule is C=C(C)CN(C)CC1COCC1NCC. The Kier molecular flexibility index (Phi) is 5.29. The third kappa shape index (κ3) is 4.33. The number of rotatable bonds is 6. The van der Waals surface area contributed by atoms with Crippen LogP contribution >= 0.6 is 0 Å². The molecule has 15 heavy (non-hydrogen) atoms. The summed E-state index contributed by atoms with van der Waals surface area (Å²) in [7, 11) is 2.15. The highest BCUT2D eigenvalue weighted by atomic mass is 16.5. The molecule has 1 heterocycles. The lowest BCUT2D eigenvalue weighted by Crippen LogP contribution is -2.41. The molecule has 2 atom stereocenters. The quantitative estimate of drug-likeness (QED) is 0.668. The fourth-order valence-corrected chi connectivity index (χ4v) is 2.19. The Morgan fingerprint density at radius 1 is 1.53 bits per heavy atom. The second-order valence-corrected chi connectivity index (χ2v) is 4.62. The molecule has 1 saturated heterocycles. The third-order valence-electron chi connectivity index (χ3n) is 2.75. The molecule has 0 aromatic carbocycles. The van der Waals surface area contributed by atoms with Crippen LogP contribution in [0.4, 0.5) is 0 Å². The largest absolute Gasteiger partial charge is 0.379 e. The van der Waals surface area contributed by atoms with E-state index in [9.17, 15) is 0 Å². The van der Waals surface area contributed by atoms with E-state index in [-0.39, 0.29) is 0 Å². The lowest BCUT2D eigenvalue weighted by molar-refractivity contribution is 0.175. The van der Waals surface area contributed by atoms with Gasteiger partial charge in [0.2, 0.25) is 0 Å². The van der Waals surface area contributed by atoms with Crippen LogP contribution in [-0.2, 0) is 4.74 Å². The summed E-state index contributed by atoms with van der Waals surface area (Å²) in [6, 6.07) is 0.530. The van der Waals surface area contributed by atoms with Gasteiger partial charge in [0, 0.05) is 25.0 Å². The molecule has 3 heteroatoms. The van der Waals surface area contributed by atoms with Gasteiger partial charge in [-0.15, -0.1) is 0 Å². The summed E-state index contributed by atoms with van der Waals surface area (Å²) in [6.45, 7) is 13.0. The zero-order valence-corrected chi connectivity index (χ0v) is 10.3. The van der Waals surface area contributed by atoms with Crippen molar-refractivity contribution in [3.63, 3.8) is 0 Å². The summed E-state index contributed by atoms with van der Waals surface area (Å²) in [4.78, 5) is 2.33. The molecule has 1 rings (SSSR count). The van der Waals surface area contributed by atoms with E-state index < -0.39 is 0 Å². The fourth-order valence-electron chi connectivity index (χ4n) is 2.19. The Morgan fingerprint density at radius 3 is 2.87 bits per heavy atom. The van der Waals surface area contributed by atoms with Crippen molar-refractivity contribution in [3.05, 3.63) is 12.2 Å². The van der Waals surface area contributed by atoms with E-state index in [0.29, 0.717) is 12.0 Å². The van der Waals surface area contributed by atoms with Crippen molar-refractivity contribution >= 4 is 0 Å². The Morgan fingerprint density at radius 2 is 2.27 bits per heavy atom. The first-order valence-corrected chi connectivity index (χ1v) is 5.77. The summed E-state index contributed by atoms with van der Waals surface area (Å²) >= 11 is 0. The Bertz CT molecular complexity index is 206. The van der Waals surface area contributed by atoms with Crippen molar-refractivity contribution < 1.29 is 4.74 Å². The topological polar surface area (TPSA) is 24.5 Å². The van der Waals surface area contributed by atoms with Crippen LogP contribution in [0.2, 0.25) is 0 Å². The normalized spacial score (nSPS) is 26.1. The average molecular weight is 212 g/mol. The van der Waals surface area contributed by atoms with Gasteiger partial charge in [-0.1, -0.05) is 19.1 Å². The number of ether oxygens (including phenoxy) is 1. The fraction of sp³-hybridized carbons (Fsp3) is 0.833. The van der Waals surface area contributed by atoms with E-state index in [1.54, 1.807) is 0 Å². The molecule has 0 bridgehead atoms. The van der Waals surface area contributed by atoms with E-state index in [4.69, 9.17) is 4.74 Å². The minimum Gasteiger partial charge on any atom is -0.379 e. The molecule has 88 valence electrons. The molecule has 2 unspecified atom stereocenters. The zero-order valence-electron chi connectivity index (χ0n) is 10.3. The summed E-state index contributed by atoms with van der Waals surface area (Å²) in [5.74, 6) is 0.620. The van der Waals surface area contributed by atoms with Crippen LogP contribution in [0.25, 0.3) is 0 Å². The number of nitrogens with zero attached hydrogens (tertiary/aromatic N) is 1. The van der Waals surface area contributed by atoms with E-state index in [1.165, 1.54) is 5.57 Å². The predicted molar refractivity (Wildman–Crippen MR) is 64.1 cm³/mol. The molecule has 0 amide bonds. The number of nitrogens with one attached hydrogen (secondary N) is 1. The molecule has 0 aliphatic carbocycles. The molecule has 0 radical (unpaired) electrons. The zero-order chi connectivity index (χ0) is 11.3. The standard InChI is InChI=1S/C12H24N2O/c1-5-13-12-9-15-8-11(12)7-14(4)6-10(2)3/h11-13H,2,5-9H2,1,3-4H3. The first kappa shape index (κ1) is 12.7. The second kappa shape index (κ2) is 6.26. The number of hydrogen-bond donors (Lipinski definition) is 1. The minimum atomic E-state index is 0.530. The van der Waals surface area contributed by atoms with E-state index in [0.717, 1.165) is 32.8 Å². The van der Waals surface area contributed by atoms with Crippen LogP contribution in [-0.4, -0.2) is 50.8 Å². The van der Waals surface area contributed by atoms with Gasteiger partial charge in [-0.05, 0) is 20.5 Å². The maximum Gasteiger partial charge on any atom is 0.0623 e.